The lowest BCUT2D eigenvalue weighted by atomic mass is 10.2. The Labute approximate surface area is 147 Å². The van der Waals surface area contributed by atoms with Crippen LogP contribution in [-0.4, -0.2) is 57.8 Å². The SMILES string of the molecule is CCOCCOCCOC(=O)Cn1ccc2c(OC)cc(OC)cc21. The van der Waals surface area contributed by atoms with E-state index in [0.29, 0.717) is 37.9 Å². The van der Waals surface area contributed by atoms with Crippen LogP contribution in [0, 0.1) is 0 Å². The summed E-state index contributed by atoms with van der Waals surface area (Å²) in [7, 11) is 3.19. The van der Waals surface area contributed by atoms with E-state index in [0.717, 1.165) is 10.9 Å². The Balaban J connectivity index is 1.88. The van der Waals surface area contributed by atoms with Crippen LogP contribution in [0.5, 0.6) is 11.5 Å². The summed E-state index contributed by atoms with van der Waals surface area (Å²) in [6.07, 6.45) is 1.83. The smallest absolute Gasteiger partial charge is 0.326 e. The number of carbonyl (C=O) groups is 1. The molecule has 138 valence electrons. The highest BCUT2D eigenvalue weighted by Crippen LogP contribution is 2.31. The normalized spacial score (nSPS) is 10.8. The van der Waals surface area contributed by atoms with Gasteiger partial charge in [-0.2, -0.15) is 0 Å². The number of hydrogen-bond acceptors (Lipinski definition) is 6. The minimum absolute atomic E-state index is 0.110. The van der Waals surface area contributed by atoms with E-state index in [1.54, 1.807) is 18.8 Å². The van der Waals surface area contributed by atoms with Crippen molar-refractivity contribution in [3.05, 3.63) is 24.4 Å². The molecule has 0 saturated heterocycles. The van der Waals surface area contributed by atoms with E-state index in [1.165, 1.54) is 0 Å². The second-order valence-corrected chi connectivity index (χ2v) is 5.24. The van der Waals surface area contributed by atoms with Crippen LogP contribution in [-0.2, 0) is 25.5 Å². The zero-order chi connectivity index (χ0) is 18.1. The minimum Gasteiger partial charge on any atom is -0.497 e. The summed E-state index contributed by atoms with van der Waals surface area (Å²) in [5.74, 6) is 1.04. The zero-order valence-electron chi connectivity index (χ0n) is 14.9. The van der Waals surface area contributed by atoms with Crippen LogP contribution < -0.4 is 9.47 Å². The zero-order valence-corrected chi connectivity index (χ0v) is 14.9. The molecule has 0 N–H and O–H groups in total. The number of methoxy groups -OCH3 is 2. The number of ether oxygens (including phenoxy) is 5. The van der Waals surface area contributed by atoms with E-state index in [1.807, 2.05) is 31.3 Å². The second-order valence-electron chi connectivity index (χ2n) is 5.24. The Kier molecular flexibility index (Phi) is 7.56. The summed E-state index contributed by atoms with van der Waals surface area (Å²) in [5, 5.41) is 0.912. The predicted octanol–water partition coefficient (Wildman–Crippen LogP) is 2.25. The molecule has 0 fully saturated rings. The molecule has 7 nitrogen and oxygen atoms in total. The quantitative estimate of drug-likeness (QED) is 0.457. The number of hydrogen-bond donors (Lipinski definition) is 0. The standard InChI is InChI=1S/C18H25NO6/c1-4-23-7-8-24-9-10-25-18(20)13-19-6-5-15-16(19)11-14(21-2)12-17(15)22-3/h5-6,11-12H,4,7-10,13H2,1-3H3. The number of aromatic nitrogens is 1. The molecule has 7 heteroatoms. The fourth-order valence-electron chi connectivity index (χ4n) is 2.43. The van der Waals surface area contributed by atoms with Crippen molar-refractivity contribution >= 4 is 16.9 Å². The average Bonchev–Trinajstić information content (AvgIpc) is 3.02. The van der Waals surface area contributed by atoms with Crippen LogP contribution in [0.25, 0.3) is 10.9 Å². The molecule has 1 aromatic carbocycles. The maximum Gasteiger partial charge on any atom is 0.326 e. The first-order chi connectivity index (χ1) is 12.2. The van der Waals surface area contributed by atoms with Crippen molar-refractivity contribution in [1.29, 1.82) is 0 Å². The maximum atomic E-state index is 12.0. The number of esters is 1. The van der Waals surface area contributed by atoms with Gasteiger partial charge in [-0.1, -0.05) is 0 Å². The van der Waals surface area contributed by atoms with Crippen molar-refractivity contribution in [3.8, 4) is 11.5 Å². The first-order valence-corrected chi connectivity index (χ1v) is 8.21. The average molecular weight is 351 g/mol. The van der Waals surface area contributed by atoms with Crippen molar-refractivity contribution in [2.24, 2.45) is 0 Å². The van der Waals surface area contributed by atoms with Gasteiger partial charge in [0.2, 0.25) is 0 Å². The van der Waals surface area contributed by atoms with Crippen molar-refractivity contribution in [3.63, 3.8) is 0 Å². The molecule has 2 rings (SSSR count). The highest BCUT2D eigenvalue weighted by molar-refractivity contribution is 5.89. The molecule has 0 saturated carbocycles. The van der Waals surface area contributed by atoms with Crippen LogP contribution in [0.15, 0.2) is 24.4 Å². The number of nitrogens with zero attached hydrogens (tertiary/aromatic N) is 1. The van der Waals surface area contributed by atoms with Crippen LogP contribution in [0.1, 0.15) is 6.92 Å². The van der Waals surface area contributed by atoms with Gasteiger partial charge in [-0.05, 0) is 13.0 Å². The lowest BCUT2D eigenvalue weighted by Gasteiger charge is -2.10. The highest BCUT2D eigenvalue weighted by atomic mass is 16.6. The van der Waals surface area contributed by atoms with Gasteiger partial charge < -0.3 is 28.3 Å². The van der Waals surface area contributed by atoms with Gasteiger partial charge in [0.1, 0.15) is 24.7 Å². The third-order valence-electron chi connectivity index (χ3n) is 3.65. The van der Waals surface area contributed by atoms with Crippen LogP contribution in [0.3, 0.4) is 0 Å². The lowest BCUT2D eigenvalue weighted by molar-refractivity contribution is -0.145. The van der Waals surface area contributed by atoms with Gasteiger partial charge in [-0.15, -0.1) is 0 Å². The molecule has 25 heavy (non-hydrogen) atoms. The molecule has 0 spiro atoms. The van der Waals surface area contributed by atoms with Gasteiger partial charge in [0, 0.05) is 30.3 Å². The molecule has 0 bridgehead atoms. The van der Waals surface area contributed by atoms with Crippen LogP contribution in [0.2, 0.25) is 0 Å². The van der Waals surface area contributed by atoms with Crippen molar-refractivity contribution in [2.45, 2.75) is 13.5 Å². The van der Waals surface area contributed by atoms with E-state index < -0.39 is 0 Å². The van der Waals surface area contributed by atoms with Crippen LogP contribution in [0.4, 0.5) is 0 Å². The predicted molar refractivity (Wildman–Crippen MR) is 93.3 cm³/mol. The fourth-order valence-corrected chi connectivity index (χ4v) is 2.43. The van der Waals surface area contributed by atoms with Gasteiger partial charge in [0.15, 0.2) is 0 Å². The summed E-state index contributed by atoms with van der Waals surface area (Å²) in [6, 6.07) is 5.57. The molecule has 1 aromatic heterocycles. The van der Waals surface area contributed by atoms with E-state index in [4.69, 9.17) is 23.7 Å². The Bertz CT molecular complexity index is 682. The first kappa shape index (κ1) is 19.1. The number of carbonyl (C=O) groups excluding carboxylic acids is 1. The topological polar surface area (TPSA) is 68.2 Å². The largest absolute Gasteiger partial charge is 0.497 e. The number of benzene rings is 1. The van der Waals surface area contributed by atoms with Crippen molar-refractivity contribution in [2.75, 3.05) is 47.3 Å². The van der Waals surface area contributed by atoms with Crippen molar-refractivity contribution < 1.29 is 28.5 Å². The molecular weight excluding hydrogens is 326 g/mol. The van der Waals surface area contributed by atoms with Crippen molar-refractivity contribution in [1.82, 2.24) is 4.57 Å². The Hall–Kier alpha value is -2.25. The van der Waals surface area contributed by atoms with Gasteiger partial charge in [0.25, 0.3) is 0 Å². The van der Waals surface area contributed by atoms with E-state index >= 15 is 0 Å². The third-order valence-corrected chi connectivity index (χ3v) is 3.65. The summed E-state index contributed by atoms with van der Waals surface area (Å²) in [4.78, 5) is 12.0. The molecule has 0 aliphatic rings. The first-order valence-electron chi connectivity index (χ1n) is 8.21. The minimum atomic E-state index is -0.326. The third kappa shape index (κ3) is 5.37. The molecule has 0 radical (unpaired) electrons. The Morgan fingerprint density at radius 3 is 2.52 bits per heavy atom. The Morgan fingerprint density at radius 2 is 1.80 bits per heavy atom. The van der Waals surface area contributed by atoms with E-state index in [-0.39, 0.29) is 19.1 Å². The van der Waals surface area contributed by atoms with Gasteiger partial charge in [0.05, 0.1) is 39.6 Å². The lowest BCUT2D eigenvalue weighted by Crippen LogP contribution is -2.16. The van der Waals surface area contributed by atoms with E-state index in [9.17, 15) is 4.79 Å². The Morgan fingerprint density at radius 1 is 1.04 bits per heavy atom. The molecular formula is C18H25NO6. The number of rotatable bonds is 11. The number of fused-ring (bicyclic) bond motifs is 1. The summed E-state index contributed by atoms with van der Waals surface area (Å²) < 4.78 is 28.1. The maximum absolute atomic E-state index is 12.0. The molecule has 0 aliphatic heterocycles. The second kappa shape index (κ2) is 9.90. The fraction of sp³-hybridized carbons (Fsp3) is 0.500. The van der Waals surface area contributed by atoms with E-state index in [2.05, 4.69) is 0 Å². The molecule has 2 aromatic rings. The summed E-state index contributed by atoms with van der Waals surface area (Å²) >= 11 is 0. The molecule has 0 amide bonds. The van der Waals surface area contributed by atoms with Crippen LogP contribution >= 0.6 is 0 Å². The van der Waals surface area contributed by atoms with Gasteiger partial charge >= 0.3 is 5.97 Å². The van der Waals surface area contributed by atoms with Gasteiger partial charge in [-0.25, -0.2) is 0 Å². The molecule has 0 unspecified atom stereocenters. The summed E-state index contributed by atoms with van der Waals surface area (Å²) in [5.41, 5.74) is 0.848. The molecule has 1 heterocycles. The summed E-state index contributed by atoms with van der Waals surface area (Å²) in [6.45, 7) is 4.32. The van der Waals surface area contributed by atoms with Gasteiger partial charge in [-0.3, -0.25) is 4.79 Å². The molecule has 0 atom stereocenters. The molecule has 0 aliphatic carbocycles. The monoisotopic (exact) mass is 351 g/mol. The highest BCUT2D eigenvalue weighted by Gasteiger charge is 2.12.